The van der Waals surface area contributed by atoms with Crippen molar-refractivity contribution in [2.45, 2.75) is 13.5 Å². The molecule has 1 aromatic carbocycles. The van der Waals surface area contributed by atoms with Gasteiger partial charge in [-0.15, -0.1) is 0 Å². The van der Waals surface area contributed by atoms with Crippen molar-refractivity contribution in [1.82, 2.24) is 9.55 Å². The Bertz CT molecular complexity index is 941. The van der Waals surface area contributed by atoms with E-state index in [1.807, 2.05) is 25.1 Å². The molecular formula is C15H12BrN3O2S. The lowest BCUT2D eigenvalue weighted by Crippen LogP contribution is -2.16. The van der Waals surface area contributed by atoms with Gasteiger partial charge in [0.1, 0.15) is 5.56 Å². The van der Waals surface area contributed by atoms with Crippen molar-refractivity contribution < 1.29 is 5.11 Å². The van der Waals surface area contributed by atoms with Crippen LogP contribution in [0.15, 0.2) is 32.5 Å². The fourth-order valence-electron chi connectivity index (χ4n) is 2.33. The second kappa shape index (κ2) is 5.66. The van der Waals surface area contributed by atoms with Crippen molar-refractivity contribution >= 4 is 51.7 Å². The van der Waals surface area contributed by atoms with Crippen molar-refractivity contribution in [3.63, 3.8) is 0 Å². The van der Waals surface area contributed by atoms with Crippen LogP contribution in [0, 0.1) is 4.77 Å². The summed E-state index contributed by atoms with van der Waals surface area (Å²) in [6, 6.07) is 5.72. The molecule has 1 aliphatic rings. The fourth-order valence-corrected chi connectivity index (χ4v) is 3.00. The van der Waals surface area contributed by atoms with Crippen LogP contribution in [0.4, 0.5) is 5.69 Å². The smallest absolute Gasteiger partial charge is 0.262 e. The van der Waals surface area contributed by atoms with E-state index in [0.717, 1.165) is 21.3 Å². The molecule has 0 unspecified atom stereocenters. The zero-order valence-corrected chi connectivity index (χ0v) is 14.0. The molecule has 0 saturated carbocycles. The number of aromatic amines is 1. The lowest BCUT2D eigenvalue weighted by atomic mass is 10.1. The Morgan fingerprint density at radius 3 is 3.00 bits per heavy atom. The standard InChI is InChI=1S/C15H12BrN3O2S/c1-2-19-14(21)11(13(20)18-15(19)22)5-8-7-17-12-4-3-9(16)6-10(8)12/h3-7,21H,2H2,1H3,(H,18,20,22). The van der Waals surface area contributed by atoms with E-state index in [1.54, 1.807) is 12.3 Å². The van der Waals surface area contributed by atoms with Crippen LogP contribution in [0.2, 0.25) is 0 Å². The molecule has 5 nitrogen and oxygen atoms in total. The van der Waals surface area contributed by atoms with Crippen LogP contribution in [0.1, 0.15) is 18.1 Å². The van der Waals surface area contributed by atoms with E-state index in [9.17, 15) is 9.90 Å². The average molecular weight is 378 g/mol. The number of hydrogen-bond donors (Lipinski definition) is 2. The maximum Gasteiger partial charge on any atom is 0.262 e. The monoisotopic (exact) mass is 377 g/mol. The molecule has 0 atom stereocenters. The van der Waals surface area contributed by atoms with Gasteiger partial charge in [0.25, 0.3) is 5.56 Å². The predicted molar refractivity (Wildman–Crippen MR) is 93.4 cm³/mol. The first-order valence-corrected chi connectivity index (χ1v) is 7.83. The second-order valence-electron chi connectivity index (χ2n) is 4.76. The summed E-state index contributed by atoms with van der Waals surface area (Å²) in [7, 11) is 0. The number of nitrogens with one attached hydrogen (secondary N) is 1. The second-order valence-corrected chi connectivity index (χ2v) is 6.06. The number of fused-ring (bicyclic) bond motifs is 1. The number of aromatic hydroxyl groups is 1. The lowest BCUT2D eigenvalue weighted by molar-refractivity contribution is 0.408. The largest absolute Gasteiger partial charge is 0.494 e. The van der Waals surface area contributed by atoms with Crippen molar-refractivity contribution in [2.24, 2.45) is 4.99 Å². The summed E-state index contributed by atoms with van der Waals surface area (Å²) in [5.41, 5.74) is 2.24. The SMILES string of the molecule is CCn1c(O)c(C=C2C=Nc3ccc(Br)cc32)c(=O)[nH]c1=S. The maximum absolute atomic E-state index is 12.1. The summed E-state index contributed by atoms with van der Waals surface area (Å²) < 4.78 is 2.59. The lowest BCUT2D eigenvalue weighted by Gasteiger charge is -2.09. The van der Waals surface area contributed by atoms with Crippen LogP contribution < -0.4 is 5.56 Å². The first-order valence-electron chi connectivity index (χ1n) is 6.63. The molecule has 2 N–H and O–H groups in total. The molecule has 0 spiro atoms. The van der Waals surface area contributed by atoms with Gasteiger partial charge in [-0.2, -0.15) is 0 Å². The van der Waals surface area contributed by atoms with Crippen molar-refractivity contribution in [3.8, 4) is 5.88 Å². The van der Waals surface area contributed by atoms with Crippen molar-refractivity contribution in [3.05, 3.63) is 48.9 Å². The van der Waals surface area contributed by atoms with E-state index in [0.29, 0.717) is 6.54 Å². The Balaban J connectivity index is 2.21. The molecule has 0 radical (unpaired) electrons. The molecule has 2 heterocycles. The minimum Gasteiger partial charge on any atom is -0.494 e. The Morgan fingerprint density at radius 1 is 1.50 bits per heavy atom. The van der Waals surface area contributed by atoms with Gasteiger partial charge in [0.2, 0.25) is 5.88 Å². The van der Waals surface area contributed by atoms with Crippen LogP contribution in [0.5, 0.6) is 5.88 Å². The van der Waals surface area contributed by atoms with Crippen LogP contribution in [-0.2, 0) is 6.54 Å². The Labute approximate surface area is 139 Å². The Hall–Kier alpha value is -1.99. The molecule has 22 heavy (non-hydrogen) atoms. The third-order valence-electron chi connectivity index (χ3n) is 3.44. The van der Waals surface area contributed by atoms with Gasteiger partial charge in [-0.05, 0) is 43.4 Å². The van der Waals surface area contributed by atoms with Crippen LogP contribution in [0.3, 0.4) is 0 Å². The Kier molecular flexibility index (Phi) is 3.84. The molecule has 0 fully saturated rings. The van der Waals surface area contributed by atoms with Gasteiger partial charge >= 0.3 is 0 Å². The van der Waals surface area contributed by atoms with Gasteiger partial charge in [-0.25, -0.2) is 0 Å². The number of aromatic nitrogens is 2. The zero-order valence-electron chi connectivity index (χ0n) is 11.6. The molecule has 112 valence electrons. The number of allylic oxidation sites excluding steroid dienone is 1. The molecule has 7 heteroatoms. The minimum atomic E-state index is -0.420. The number of halogens is 1. The maximum atomic E-state index is 12.1. The molecule has 2 aromatic rings. The van der Waals surface area contributed by atoms with Gasteiger partial charge in [0.15, 0.2) is 4.77 Å². The quantitative estimate of drug-likeness (QED) is 0.784. The summed E-state index contributed by atoms with van der Waals surface area (Å²) >= 11 is 8.46. The molecule has 3 rings (SSSR count). The van der Waals surface area contributed by atoms with E-state index >= 15 is 0 Å². The van der Waals surface area contributed by atoms with E-state index in [4.69, 9.17) is 12.2 Å². The van der Waals surface area contributed by atoms with E-state index in [2.05, 4.69) is 25.9 Å². The average Bonchev–Trinajstić information content (AvgIpc) is 2.86. The van der Waals surface area contributed by atoms with Gasteiger partial charge < -0.3 is 5.11 Å². The van der Waals surface area contributed by atoms with Gasteiger partial charge in [0, 0.05) is 28.4 Å². The van der Waals surface area contributed by atoms with Gasteiger partial charge in [-0.3, -0.25) is 19.3 Å². The molecule has 0 amide bonds. The van der Waals surface area contributed by atoms with E-state index in [-0.39, 0.29) is 16.2 Å². The number of benzene rings is 1. The number of aliphatic imine (C=N–C) groups is 1. The number of hydrogen-bond acceptors (Lipinski definition) is 4. The highest BCUT2D eigenvalue weighted by Crippen LogP contribution is 2.35. The summed E-state index contributed by atoms with van der Waals surface area (Å²) in [5, 5.41) is 10.3. The summed E-state index contributed by atoms with van der Waals surface area (Å²) in [4.78, 5) is 19.0. The first-order chi connectivity index (χ1) is 10.5. The summed E-state index contributed by atoms with van der Waals surface area (Å²) in [6.45, 7) is 2.31. The van der Waals surface area contributed by atoms with Gasteiger partial charge in [-0.1, -0.05) is 15.9 Å². The number of rotatable bonds is 2. The van der Waals surface area contributed by atoms with Crippen LogP contribution >= 0.6 is 28.1 Å². The normalized spacial score (nSPS) is 14.5. The summed E-state index contributed by atoms with van der Waals surface area (Å²) in [5.74, 6) is -0.138. The van der Waals surface area contributed by atoms with Crippen LogP contribution in [0.25, 0.3) is 11.6 Å². The highest BCUT2D eigenvalue weighted by Gasteiger charge is 2.16. The molecule has 0 saturated heterocycles. The van der Waals surface area contributed by atoms with E-state index < -0.39 is 5.56 Å². The Morgan fingerprint density at radius 2 is 2.27 bits per heavy atom. The minimum absolute atomic E-state index is 0.138. The molecule has 1 aliphatic heterocycles. The highest BCUT2D eigenvalue weighted by atomic mass is 79.9. The highest BCUT2D eigenvalue weighted by molar-refractivity contribution is 9.10. The summed E-state index contributed by atoms with van der Waals surface area (Å²) in [6.07, 6.45) is 3.30. The predicted octanol–water partition coefficient (Wildman–Crippen LogP) is 3.65. The van der Waals surface area contributed by atoms with Crippen LogP contribution in [-0.4, -0.2) is 20.9 Å². The molecule has 0 bridgehead atoms. The molecule has 0 aliphatic carbocycles. The molecular weight excluding hydrogens is 366 g/mol. The third-order valence-corrected chi connectivity index (χ3v) is 4.25. The van der Waals surface area contributed by atoms with Crippen molar-refractivity contribution in [1.29, 1.82) is 0 Å². The van der Waals surface area contributed by atoms with Crippen molar-refractivity contribution in [2.75, 3.05) is 0 Å². The fraction of sp³-hybridized carbons (Fsp3) is 0.133. The number of H-pyrrole nitrogens is 1. The first kappa shape index (κ1) is 14.9. The van der Waals surface area contributed by atoms with E-state index in [1.165, 1.54) is 4.57 Å². The number of nitrogens with zero attached hydrogens (tertiary/aromatic N) is 2. The van der Waals surface area contributed by atoms with Gasteiger partial charge in [0.05, 0.1) is 5.69 Å². The molecule has 1 aromatic heterocycles. The zero-order chi connectivity index (χ0) is 15.9. The topological polar surface area (TPSA) is 70.4 Å². The third kappa shape index (κ3) is 2.46.